The minimum atomic E-state index is -0.552. The van der Waals surface area contributed by atoms with Gasteiger partial charge in [0.05, 0.1) is 17.9 Å². The summed E-state index contributed by atoms with van der Waals surface area (Å²) in [7, 11) is 0. The van der Waals surface area contributed by atoms with Gasteiger partial charge in [-0.15, -0.1) is 0 Å². The first kappa shape index (κ1) is 13.9. The highest BCUT2D eigenvalue weighted by atomic mass is 19.1. The fraction of sp³-hybridized carbons (Fsp3) is 0.133. The molecule has 20 heavy (non-hydrogen) atoms. The van der Waals surface area contributed by atoms with E-state index in [1.807, 2.05) is 0 Å². The predicted molar refractivity (Wildman–Crippen MR) is 73.3 cm³/mol. The number of nitrogens with two attached hydrogens (primary N) is 1. The van der Waals surface area contributed by atoms with Gasteiger partial charge in [-0.1, -0.05) is 6.07 Å². The van der Waals surface area contributed by atoms with E-state index in [1.165, 1.54) is 18.2 Å². The monoisotopic (exact) mass is 275 g/mol. The Bertz CT molecular complexity index is 628. The van der Waals surface area contributed by atoms with Gasteiger partial charge in [0.25, 0.3) is 0 Å². The first-order chi connectivity index (χ1) is 9.60. The summed E-state index contributed by atoms with van der Waals surface area (Å²) in [5.74, 6) is -0.261. The Labute approximate surface area is 115 Å². The third kappa shape index (κ3) is 3.26. The molecule has 104 valence electrons. The van der Waals surface area contributed by atoms with Crippen LogP contribution in [0.15, 0.2) is 42.5 Å². The van der Waals surface area contributed by atoms with Gasteiger partial charge in [-0.2, -0.15) is 0 Å². The van der Waals surface area contributed by atoms with Crippen LogP contribution in [0.25, 0.3) is 0 Å². The Balaban J connectivity index is 2.19. The molecule has 0 unspecified atom stereocenters. The maximum atomic E-state index is 13.3. The summed E-state index contributed by atoms with van der Waals surface area (Å²) < 4.78 is 23.7. The van der Waals surface area contributed by atoms with Crippen molar-refractivity contribution in [3.8, 4) is 11.5 Å². The highest BCUT2D eigenvalue weighted by Crippen LogP contribution is 2.25. The summed E-state index contributed by atoms with van der Waals surface area (Å²) in [6.07, 6.45) is 0. The second-order valence-corrected chi connectivity index (χ2v) is 4.03. The van der Waals surface area contributed by atoms with Crippen LogP contribution < -0.4 is 10.5 Å². The second kappa shape index (κ2) is 6.06. The minimum absolute atomic E-state index is 0.0534. The molecule has 0 radical (unpaired) electrons. The number of nitrogen functional groups attached to an aromatic ring is 1. The Morgan fingerprint density at radius 1 is 1.20 bits per heavy atom. The van der Waals surface area contributed by atoms with Crippen molar-refractivity contribution in [2.45, 2.75) is 6.92 Å². The Morgan fingerprint density at radius 2 is 1.95 bits per heavy atom. The summed E-state index contributed by atoms with van der Waals surface area (Å²) in [6.45, 7) is 2.03. The van der Waals surface area contributed by atoms with Crippen molar-refractivity contribution in [1.29, 1.82) is 0 Å². The molecule has 0 aliphatic carbocycles. The molecule has 0 atom stereocenters. The van der Waals surface area contributed by atoms with Crippen LogP contribution in [0, 0.1) is 5.82 Å². The molecular formula is C15H14FNO3. The van der Waals surface area contributed by atoms with E-state index in [1.54, 1.807) is 31.2 Å². The van der Waals surface area contributed by atoms with Crippen LogP contribution in [0.3, 0.4) is 0 Å². The fourth-order valence-electron chi connectivity index (χ4n) is 1.61. The number of anilines is 1. The van der Waals surface area contributed by atoms with E-state index in [4.69, 9.17) is 15.2 Å². The highest BCUT2D eigenvalue weighted by Gasteiger charge is 2.08. The van der Waals surface area contributed by atoms with Crippen molar-refractivity contribution in [2.24, 2.45) is 0 Å². The molecule has 4 nitrogen and oxygen atoms in total. The minimum Gasteiger partial charge on any atom is -0.462 e. The molecule has 0 saturated heterocycles. The lowest BCUT2D eigenvalue weighted by Crippen LogP contribution is -2.04. The van der Waals surface area contributed by atoms with Gasteiger partial charge in [0, 0.05) is 6.07 Å². The first-order valence-corrected chi connectivity index (χ1v) is 6.10. The topological polar surface area (TPSA) is 61.5 Å². The number of ether oxygens (including phenoxy) is 2. The molecule has 2 rings (SSSR count). The van der Waals surface area contributed by atoms with Crippen molar-refractivity contribution in [3.05, 3.63) is 53.8 Å². The molecule has 2 aromatic carbocycles. The number of carbonyl (C=O) groups excluding carboxylic acids is 1. The van der Waals surface area contributed by atoms with Crippen molar-refractivity contribution in [3.63, 3.8) is 0 Å². The maximum absolute atomic E-state index is 13.3. The number of halogens is 1. The Hall–Kier alpha value is -2.56. The number of hydrogen-bond acceptors (Lipinski definition) is 4. The van der Waals surface area contributed by atoms with Crippen LogP contribution in [0.4, 0.5) is 10.1 Å². The van der Waals surface area contributed by atoms with Gasteiger partial charge in [-0.3, -0.25) is 0 Å². The normalized spacial score (nSPS) is 10.1. The second-order valence-electron chi connectivity index (χ2n) is 4.03. The molecule has 0 aliphatic heterocycles. The third-order valence-corrected chi connectivity index (χ3v) is 2.55. The van der Waals surface area contributed by atoms with Crippen molar-refractivity contribution >= 4 is 11.7 Å². The molecule has 5 heteroatoms. The van der Waals surface area contributed by atoms with Crippen LogP contribution in [-0.2, 0) is 4.74 Å². The molecule has 0 heterocycles. The van der Waals surface area contributed by atoms with Crippen LogP contribution in [0.1, 0.15) is 17.3 Å². The lowest BCUT2D eigenvalue weighted by atomic mass is 10.2. The van der Waals surface area contributed by atoms with E-state index in [2.05, 4.69) is 0 Å². The number of benzene rings is 2. The van der Waals surface area contributed by atoms with E-state index in [0.29, 0.717) is 23.7 Å². The van der Waals surface area contributed by atoms with E-state index in [9.17, 15) is 9.18 Å². The van der Waals surface area contributed by atoms with Gasteiger partial charge >= 0.3 is 5.97 Å². The summed E-state index contributed by atoms with van der Waals surface area (Å²) in [5.41, 5.74) is 5.82. The lowest BCUT2D eigenvalue weighted by molar-refractivity contribution is 0.0526. The van der Waals surface area contributed by atoms with Crippen LogP contribution in [0.5, 0.6) is 11.5 Å². The summed E-state index contributed by atoms with van der Waals surface area (Å²) in [5, 5.41) is 0. The van der Waals surface area contributed by atoms with Gasteiger partial charge in [0.2, 0.25) is 0 Å². The zero-order valence-electron chi connectivity index (χ0n) is 10.9. The SMILES string of the molecule is CCOC(=O)c1cccc(Oc2ccc(N)c(F)c2)c1. The molecule has 2 aromatic rings. The Morgan fingerprint density at radius 3 is 2.65 bits per heavy atom. The van der Waals surface area contributed by atoms with Gasteiger partial charge in [0.15, 0.2) is 0 Å². The van der Waals surface area contributed by atoms with E-state index in [0.717, 1.165) is 0 Å². The van der Waals surface area contributed by atoms with Crippen molar-refractivity contribution in [2.75, 3.05) is 12.3 Å². The molecule has 0 aliphatic rings. The van der Waals surface area contributed by atoms with Crippen LogP contribution in [-0.4, -0.2) is 12.6 Å². The molecule has 2 N–H and O–H groups in total. The highest BCUT2D eigenvalue weighted by molar-refractivity contribution is 5.89. The van der Waals surface area contributed by atoms with Gasteiger partial charge in [-0.05, 0) is 37.3 Å². The summed E-state index contributed by atoms with van der Waals surface area (Å²) in [4.78, 5) is 11.6. The van der Waals surface area contributed by atoms with Gasteiger partial charge in [0.1, 0.15) is 17.3 Å². The number of rotatable bonds is 4. The van der Waals surface area contributed by atoms with Crippen LogP contribution in [0.2, 0.25) is 0 Å². The molecule has 0 bridgehead atoms. The zero-order chi connectivity index (χ0) is 14.5. The zero-order valence-corrected chi connectivity index (χ0v) is 10.9. The first-order valence-electron chi connectivity index (χ1n) is 6.10. The molecule has 0 amide bonds. The maximum Gasteiger partial charge on any atom is 0.338 e. The van der Waals surface area contributed by atoms with E-state index < -0.39 is 11.8 Å². The predicted octanol–water partition coefficient (Wildman–Crippen LogP) is 3.38. The standard InChI is InChI=1S/C15H14FNO3/c1-2-19-15(18)10-4-3-5-11(8-10)20-12-6-7-14(17)13(16)9-12/h3-9H,2,17H2,1H3. The molecule has 0 aromatic heterocycles. The number of carbonyl (C=O) groups is 1. The van der Waals surface area contributed by atoms with E-state index >= 15 is 0 Å². The Kier molecular flexibility index (Phi) is 4.20. The molecule has 0 saturated carbocycles. The molecule has 0 spiro atoms. The smallest absolute Gasteiger partial charge is 0.338 e. The average molecular weight is 275 g/mol. The van der Waals surface area contributed by atoms with Crippen molar-refractivity contribution < 1.29 is 18.7 Å². The van der Waals surface area contributed by atoms with Crippen molar-refractivity contribution in [1.82, 2.24) is 0 Å². The molecular weight excluding hydrogens is 261 g/mol. The molecule has 0 fully saturated rings. The third-order valence-electron chi connectivity index (χ3n) is 2.55. The largest absolute Gasteiger partial charge is 0.462 e. The van der Waals surface area contributed by atoms with Gasteiger partial charge < -0.3 is 15.2 Å². The van der Waals surface area contributed by atoms with E-state index in [-0.39, 0.29) is 5.69 Å². The number of hydrogen-bond donors (Lipinski definition) is 1. The summed E-state index contributed by atoms with van der Waals surface area (Å²) >= 11 is 0. The average Bonchev–Trinajstić information content (AvgIpc) is 2.43. The number of esters is 1. The summed E-state index contributed by atoms with van der Waals surface area (Å²) in [6, 6.07) is 10.6. The fourth-order valence-corrected chi connectivity index (χ4v) is 1.61. The van der Waals surface area contributed by atoms with Gasteiger partial charge in [-0.25, -0.2) is 9.18 Å². The quantitative estimate of drug-likeness (QED) is 0.686. The van der Waals surface area contributed by atoms with Crippen LogP contribution >= 0.6 is 0 Å². The lowest BCUT2D eigenvalue weighted by Gasteiger charge is -2.08.